The van der Waals surface area contributed by atoms with Gasteiger partial charge in [-0.3, -0.25) is 0 Å². The van der Waals surface area contributed by atoms with Gasteiger partial charge in [0.05, 0.1) is 12.2 Å². The van der Waals surface area contributed by atoms with Gasteiger partial charge in [0.25, 0.3) is 0 Å². The number of rotatable bonds is 5. The van der Waals surface area contributed by atoms with Crippen LogP contribution in [0.15, 0.2) is 42.5 Å². The summed E-state index contributed by atoms with van der Waals surface area (Å²) in [6.07, 6.45) is 12.7. The van der Waals surface area contributed by atoms with Crippen molar-refractivity contribution in [2.45, 2.75) is 57.0 Å². The average molecular weight is 356 g/mol. The molecule has 1 aromatic rings. The first kappa shape index (κ1) is 18.2. The number of nitrogens with zero attached hydrogens (tertiary/aromatic N) is 1. The van der Waals surface area contributed by atoms with Gasteiger partial charge in [-0.25, -0.2) is 0 Å². The summed E-state index contributed by atoms with van der Waals surface area (Å²) in [4.78, 5) is 2.55. The highest BCUT2D eigenvalue weighted by molar-refractivity contribution is 5.21. The minimum absolute atomic E-state index is 0.0531. The van der Waals surface area contributed by atoms with Crippen molar-refractivity contribution in [3.05, 3.63) is 48.0 Å². The van der Waals surface area contributed by atoms with E-state index in [2.05, 4.69) is 47.4 Å². The van der Waals surface area contributed by atoms with Crippen molar-refractivity contribution in [2.75, 3.05) is 26.2 Å². The van der Waals surface area contributed by atoms with E-state index in [0.717, 1.165) is 64.6 Å². The lowest BCUT2D eigenvalue weighted by Crippen LogP contribution is -2.73. The fraction of sp³-hybridized carbons (Fsp3) is 0.652. The Kier molecular flexibility index (Phi) is 4.98. The SMILES string of the molecule is OC[C@]12CCC[C@@]3(CCC=CC[C@@]31O)CN(CCCc1ccccc1)C2. The van der Waals surface area contributed by atoms with Crippen LogP contribution in [0, 0.1) is 10.8 Å². The number of likely N-dealkylation sites (tertiary alicyclic amines) is 1. The summed E-state index contributed by atoms with van der Waals surface area (Å²) in [5, 5.41) is 22.3. The Hall–Kier alpha value is -1.16. The Morgan fingerprint density at radius 1 is 1.00 bits per heavy atom. The third-order valence-electron chi connectivity index (χ3n) is 7.57. The van der Waals surface area contributed by atoms with E-state index in [1.807, 2.05) is 0 Å². The first-order valence-electron chi connectivity index (χ1n) is 10.4. The first-order valence-corrected chi connectivity index (χ1v) is 10.4. The highest BCUT2D eigenvalue weighted by Gasteiger charge is 2.66. The molecule has 2 fully saturated rings. The third-order valence-corrected chi connectivity index (χ3v) is 7.57. The summed E-state index contributed by atoms with van der Waals surface area (Å²) in [6, 6.07) is 10.7. The predicted molar refractivity (Wildman–Crippen MR) is 105 cm³/mol. The van der Waals surface area contributed by atoms with Crippen molar-refractivity contribution in [2.24, 2.45) is 10.8 Å². The Balaban J connectivity index is 1.51. The zero-order chi connectivity index (χ0) is 18.1. The zero-order valence-electron chi connectivity index (χ0n) is 15.9. The fourth-order valence-corrected chi connectivity index (χ4v) is 6.22. The molecule has 26 heavy (non-hydrogen) atoms. The molecular weight excluding hydrogens is 322 g/mol. The summed E-state index contributed by atoms with van der Waals surface area (Å²) in [5.41, 5.74) is 0.249. The minimum Gasteiger partial charge on any atom is -0.396 e. The van der Waals surface area contributed by atoms with Crippen LogP contribution in [-0.2, 0) is 6.42 Å². The molecule has 3 atom stereocenters. The summed E-state index contributed by atoms with van der Waals surface area (Å²) in [6.45, 7) is 2.99. The molecule has 2 bridgehead atoms. The zero-order valence-corrected chi connectivity index (χ0v) is 15.9. The van der Waals surface area contributed by atoms with E-state index in [9.17, 15) is 10.2 Å². The molecule has 3 nitrogen and oxygen atoms in total. The first-order chi connectivity index (χ1) is 12.6. The second-order valence-electron chi connectivity index (χ2n) is 8.95. The van der Waals surface area contributed by atoms with E-state index >= 15 is 0 Å². The Morgan fingerprint density at radius 2 is 1.85 bits per heavy atom. The van der Waals surface area contributed by atoms with Crippen molar-refractivity contribution in [1.82, 2.24) is 4.90 Å². The number of aliphatic hydroxyl groups excluding tert-OH is 1. The Labute approximate surface area is 157 Å². The lowest BCUT2D eigenvalue weighted by Gasteiger charge is -2.66. The number of piperidine rings is 1. The van der Waals surface area contributed by atoms with Crippen LogP contribution in [-0.4, -0.2) is 47.0 Å². The monoisotopic (exact) mass is 355 g/mol. The highest BCUT2D eigenvalue weighted by Crippen LogP contribution is 2.61. The van der Waals surface area contributed by atoms with E-state index in [4.69, 9.17) is 0 Å². The number of hydrogen-bond acceptors (Lipinski definition) is 3. The van der Waals surface area contributed by atoms with Gasteiger partial charge in [0.2, 0.25) is 0 Å². The molecule has 2 N–H and O–H groups in total. The molecule has 0 aromatic heterocycles. The van der Waals surface area contributed by atoms with E-state index in [1.165, 1.54) is 5.56 Å². The minimum atomic E-state index is -0.740. The van der Waals surface area contributed by atoms with Crippen LogP contribution in [0.4, 0.5) is 0 Å². The van der Waals surface area contributed by atoms with Gasteiger partial charge in [0.15, 0.2) is 0 Å². The molecule has 3 aliphatic rings. The molecule has 2 aliphatic carbocycles. The maximum atomic E-state index is 11.9. The van der Waals surface area contributed by atoms with Gasteiger partial charge in [-0.2, -0.15) is 0 Å². The van der Waals surface area contributed by atoms with Gasteiger partial charge in [0.1, 0.15) is 0 Å². The molecular formula is C23H33NO2. The Bertz CT molecular complexity index is 645. The maximum Gasteiger partial charge on any atom is 0.0840 e. The lowest BCUT2D eigenvalue weighted by molar-refractivity contribution is -0.255. The topological polar surface area (TPSA) is 43.7 Å². The molecule has 142 valence electrons. The molecule has 0 unspecified atom stereocenters. The van der Waals surface area contributed by atoms with Crippen molar-refractivity contribution < 1.29 is 10.2 Å². The smallest absolute Gasteiger partial charge is 0.0840 e. The summed E-state index contributed by atoms with van der Waals surface area (Å²) < 4.78 is 0. The van der Waals surface area contributed by atoms with Crippen LogP contribution in [0.3, 0.4) is 0 Å². The largest absolute Gasteiger partial charge is 0.396 e. The average Bonchev–Trinajstić information content (AvgIpc) is 2.82. The summed E-state index contributed by atoms with van der Waals surface area (Å²) in [5.74, 6) is 0. The number of aliphatic hydroxyl groups is 2. The predicted octanol–water partition coefficient (Wildman–Crippen LogP) is 3.56. The van der Waals surface area contributed by atoms with Gasteiger partial charge in [-0.1, -0.05) is 48.9 Å². The van der Waals surface area contributed by atoms with E-state index < -0.39 is 5.60 Å². The molecule has 0 spiro atoms. The van der Waals surface area contributed by atoms with Gasteiger partial charge in [-0.15, -0.1) is 0 Å². The van der Waals surface area contributed by atoms with Crippen LogP contribution in [0.5, 0.6) is 0 Å². The number of aryl methyl sites for hydroxylation is 1. The van der Waals surface area contributed by atoms with Crippen LogP contribution < -0.4 is 0 Å². The summed E-state index contributed by atoms with van der Waals surface area (Å²) >= 11 is 0. The van der Waals surface area contributed by atoms with Gasteiger partial charge in [0, 0.05) is 23.9 Å². The molecule has 0 amide bonds. The fourth-order valence-electron chi connectivity index (χ4n) is 6.22. The molecule has 1 saturated carbocycles. The van der Waals surface area contributed by atoms with Gasteiger partial charge >= 0.3 is 0 Å². The number of hydrogen-bond donors (Lipinski definition) is 2. The van der Waals surface area contributed by atoms with Crippen molar-refractivity contribution >= 4 is 0 Å². The highest BCUT2D eigenvalue weighted by atomic mass is 16.3. The van der Waals surface area contributed by atoms with E-state index in [0.29, 0.717) is 6.42 Å². The third kappa shape index (κ3) is 2.85. The van der Waals surface area contributed by atoms with Crippen molar-refractivity contribution in [1.29, 1.82) is 0 Å². The molecule has 1 aromatic carbocycles. The van der Waals surface area contributed by atoms with Crippen LogP contribution in [0.25, 0.3) is 0 Å². The van der Waals surface area contributed by atoms with E-state index in [1.54, 1.807) is 0 Å². The quantitative estimate of drug-likeness (QED) is 0.794. The number of benzene rings is 1. The molecule has 1 heterocycles. The second-order valence-corrected chi connectivity index (χ2v) is 8.95. The summed E-state index contributed by atoms with van der Waals surface area (Å²) in [7, 11) is 0. The standard InChI is InChI=1S/C23H33NO2/c25-19-22-14-8-13-21(12-5-2-6-15-23(21,22)26)17-24(18-22)16-7-11-20-9-3-1-4-10-20/h1-4,6,9-10,25-26H,5,7-8,11-19H2/t21-,22+,23+/m0/s1. The van der Waals surface area contributed by atoms with Crippen LogP contribution in [0.1, 0.15) is 50.5 Å². The van der Waals surface area contributed by atoms with Gasteiger partial charge in [-0.05, 0) is 57.1 Å². The van der Waals surface area contributed by atoms with Gasteiger partial charge < -0.3 is 15.1 Å². The van der Waals surface area contributed by atoms with Crippen LogP contribution >= 0.6 is 0 Å². The molecule has 1 aliphatic heterocycles. The maximum absolute atomic E-state index is 11.9. The lowest BCUT2D eigenvalue weighted by atomic mass is 9.47. The van der Waals surface area contributed by atoms with Crippen molar-refractivity contribution in [3.8, 4) is 0 Å². The van der Waals surface area contributed by atoms with E-state index in [-0.39, 0.29) is 17.4 Å². The molecule has 0 radical (unpaired) electrons. The number of allylic oxidation sites excluding steroid dienone is 1. The second kappa shape index (κ2) is 7.10. The molecule has 3 heteroatoms. The molecule has 1 saturated heterocycles. The normalized spacial score (nSPS) is 37.2. The molecule has 4 rings (SSSR count). The van der Waals surface area contributed by atoms with Crippen LogP contribution in [0.2, 0.25) is 0 Å². The van der Waals surface area contributed by atoms with Crippen molar-refractivity contribution in [3.63, 3.8) is 0 Å². The Morgan fingerprint density at radius 3 is 2.65 bits per heavy atom.